The molecule has 0 saturated heterocycles. The molecule has 0 fully saturated rings. The highest BCUT2D eigenvalue weighted by Gasteiger charge is 2.45. The van der Waals surface area contributed by atoms with Crippen LogP contribution in [0.1, 0.15) is 35.2 Å². The molecule has 0 bridgehead atoms. The fourth-order valence-electron chi connectivity index (χ4n) is 4.75. The number of thiazole rings is 1. The molecular weight excluding hydrogens is 711 g/mol. The van der Waals surface area contributed by atoms with Crippen LogP contribution < -0.4 is 24.4 Å². The minimum atomic E-state index is -5.02. The summed E-state index contributed by atoms with van der Waals surface area (Å²) in [6.45, 7) is 1.46. The van der Waals surface area contributed by atoms with Gasteiger partial charge in [0.05, 0.1) is 46.0 Å². The largest absolute Gasteiger partial charge is 0.493 e. The van der Waals surface area contributed by atoms with Gasteiger partial charge in [-0.1, -0.05) is 47.2 Å². The summed E-state index contributed by atoms with van der Waals surface area (Å²) in [7, 11) is 1.44. The number of nitriles is 1. The maximum Gasteiger partial charge on any atom is 0.434 e. The molecule has 5 rings (SSSR count). The van der Waals surface area contributed by atoms with Gasteiger partial charge in [-0.2, -0.15) is 18.4 Å². The van der Waals surface area contributed by atoms with E-state index in [4.69, 9.17) is 31.1 Å². The Bertz CT molecular complexity index is 2070. The summed E-state index contributed by atoms with van der Waals surface area (Å²) >= 11 is 10.3. The first-order chi connectivity index (χ1) is 21.9. The number of methoxy groups -OCH3 is 1. The Morgan fingerprint density at radius 2 is 1.87 bits per heavy atom. The second-order valence-electron chi connectivity index (χ2n) is 9.75. The van der Waals surface area contributed by atoms with Crippen LogP contribution in [0.15, 0.2) is 86.2 Å². The van der Waals surface area contributed by atoms with Crippen LogP contribution in [0.4, 0.5) is 13.2 Å². The Balaban J connectivity index is 1.62. The van der Waals surface area contributed by atoms with Crippen LogP contribution in [0, 0.1) is 11.3 Å². The van der Waals surface area contributed by atoms with Crippen molar-refractivity contribution in [2.24, 2.45) is 4.99 Å². The SMILES string of the molecule is CCOC(=O)C1=C(C(F)(F)F)N=c2s/c(=C\c3cc(Br)c(OCc4ccc(C#N)cc4)c(OC)c3)c(=O)n2[C@@H]1c1ccc(Cl)cc1. The van der Waals surface area contributed by atoms with Gasteiger partial charge < -0.3 is 14.2 Å². The average molecular weight is 733 g/mol. The average Bonchev–Trinajstić information content (AvgIpc) is 3.34. The summed E-state index contributed by atoms with van der Waals surface area (Å²) in [5.41, 5.74) is -0.885. The van der Waals surface area contributed by atoms with Crippen LogP contribution in [0.25, 0.3) is 6.08 Å². The first-order valence-electron chi connectivity index (χ1n) is 13.5. The number of rotatable bonds is 8. The zero-order valence-corrected chi connectivity index (χ0v) is 27.2. The highest BCUT2D eigenvalue weighted by molar-refractivity contribution is 9.10. The zero-order valence-electron chi connectivity index (χ0n) is 24.0. The molecule has 3 aromatic carbocycles. The normalized spacial score (nSPS) is 14.7. The smallest absolute Gasteiger partial charge is 0.434 e. The molecule has 8 nitrogen and oxygen atoms in total. The van der Waals surface area contributed by atoms with Crippen LogP contribution in [0.3, 0.4) is 0 Å². The Kier molecular flexibility index (Phi) is 9.71. The van der Waals surface area contributed by atoms with Gasteiger partial charge >= 0.3 is 12.1 Å². The molecule has 0 saturated carbocycles. The number of benzene rings is 3. The van der Waals surface area contributed by atoms with Crippen molar-refractivity contribution in [3.63, 3.8) is 0 Å². The molecule has 0 aliphatic carbocycles. The van der Waals surface area contributed by atoms with Crippen LogP contribution in [-0.2, 0) is 16.1 Å². The molecule has 4 aromatic rings. The second kappa shape index (κ2) is 13.5. The summed E-state index contributed by atoms with van der Waals surface area (Å²) in [6.07, 6.45) is -3.53. The number of fused-ring (bicyclic) bond motifs is 1. The van der Waals surface area contributed by atoms with E-state index < -0.39 is 35.0 Å². The summed E-state index contributed by atoms with van der Waals surface area (Å²) in [5, 5.41) is 9.32. The van der Waals surface area contributed by atoms with E-state index in [1.165, 1.54) is 44.4 Å². The second-order valence-corrected chi connectivity index (χ2v) is 12.0. The van der Waals surface area contributed by atoms with E-state index in [1.807, 2.05) is 0 Å². The van der Waals surface area contributed by atoms with Crippen LogP contribution in [-0.4, -0.2) is 30.4 Å². The van der Waals surface area contributed by atoms with E-state index >= 15 is 0 Å². The number of carbonyl (C=O) groups is 1. The minimum absolute atomic E-state index is 0.0598. The molecule has 0 radical (unpaired) electrons. The standard InChI is InChI=1S/C32H22BrClF3N3O5S/c1-3-44-30(42)25-26(20-8-10-21(34)11-9-20)40-29(41)24(46-31(40)39-28(25)32(35,36)37)14-19-12-22(33)27(23(13-19)43-2)45-16-18-6-4-17(15-38)5-7-18/h4-14,26H,3,16H2,1-2H3/b24-14-/t26-/m1/s1. The molecule has 236 valence electrons. The molecule has 0 spiro atoms. The molecule has 0 N–H and O–H groups in total. The van der Waals surface area contributed by atoms with Crippen molar-refractivity contribution >= 4 is 50.9 Å². The van der Waals surface area contributed by atoms with Crippen LogP contribution >= 0.6 is 38.9 Å². The number of ether oxygens (including phenoxy) is 3. The Labute approximate surface area is 277 Å². The van der Waals surface area contributed by atoms with Gasteiger partial charge in [0.15, 0.2) is 22.0 Å². The van der Waals surface area contributed by atoms with E-state index in [0.717, 1.165) is 21.5 Å². The van der Waals surface area contributed by atoms with Gasteiger partial charge in [0, 0.05) is 5.02 Å². The monoisotopic (exact) mass is 731 g/mol. The lowest BCUT2D eigenvalue weighted by atomic mass is 9.95. The van der Waals surface area contributed by atoms with Crippen molar-refractivity contribution in [1.82, 2.24) is 4.57 Å². The molecule has 0 unspecified atom stereocenters. The third kappa shape index (κ3) is 6.74. The Hall–Kier alpha value is -4.38. The molecule has 1 atom stereocenters. The maximum absolute atomic E-state index is 14.3. The van der Waals surface area contributed by atoms with Crippen molar-refractivity contribution in [2.45, 2.75) is 25.7 Å². The maximum atomic E-state index is 14.3. The number of hydrogen-bond donors (Lipinski definition) is 0. The van der Waals surface area contributed by atoms with Crippen molar-refractivity contribution in [3.8, 4) is 17.6 Å². The fourth-order valence-corrected chi connectivity index (χ4v) is 6.45. The van der Waals surface area contributed by atoms with Gasteiger partial charge in [-0.15, -0.1) is 0 Å². The summed E-state index contributed by atoms with van der Waals surface area (Å²) in [4.78, 5) is 30.4. The lowest BCUT2D eigenvalue weighted by Gasteiger charge is -2.26. The topological polar surface area (TPSA) is 103 Å². The van der Waals surface area contributed by atoms with Crippen LogP contribution in [0.2, 0.25) is 5.02 Å². The van der Waals surface area contributed by atoms with Crippen molar-refractivity contribution in [1.29, 1.82) is 5.26 Å². The van der Waals surface area contributed by atoms with Crippen molar-refractivity contribution < 1.29 is 32.2 Å². The molecule has 2 heterocycles. The van der Waals surface area contributed by atoms with E-state index in [1.54, 1.807) is 36.4 Å². The van der Waals surface area contributed by atoms with Crippen molar-refractivity contribution in [3.05, 3.63) is 123 Å². The first-order valence-corrected chi connectivity index (χ1v) is 15.5. The molecular formula is C32H22BrClF3N3O5S. The molecule has 0 amide bonds. The van der Waals surface area contributed by atoms with Gasteiger partial charge in [0.25, 0.3) is 5.56 Å². The molecule has 1 aliphatic rings. The van der Waals surface area contributed by atoms with Gasteiger partial charge in [-0.25, -0.2) is 9.79 Å². The zero-order chi connectivity index (χ0) is 33.2. The predicted molar refractivity (Wildman–Crippen MR) is 168 cm³/mol. The van der Waals surface area contributed by atoms with E-state index in [0.29, 0.717) is 32.1 Å². The molecule has 1 aliphatic heterocycles. The number of esters is 1. The third-order valence-electron chi connectivity index (χ3n) is 6.80. The van der Waals surface area contributed by atoms with Gasteiger partial charge in [-0.3, -0.25) is 9.36 Å². The van der Waals surface area contributed by atoms with E-state index in [9.17, 15) is 22.8 Å². The van der Waals surface area contributed by atoms with Gasteiger partial charge in [-0.05, 0) is 82.0 Å². The number of carbonyl (C=O) groups excluding carboxylic acids is 1. The van der Waals surface area contributed by atoms with Crippen LogP contribution in [0.5, 0.6) is 11.5 Å². The number of alkyl halides is 3. The summed E-state index contributed by atoms with van der Waals surface area (Å²) < 4.78 is 61.2. The van der Waals surface area contributed by atoms with E-state index in [-0.39, 0.29) is 28.1 Å². The minimum Gasteiger partial charge on any atom is -0.493 e. The highest BCUT2D eigenvalue weighted by atomic mass is 79.9. The molecule has 14 heteroatoms. The lowest BCUT2D eigenvalue weighted by Crippen LogP contribution is -2.41. The summed E-state index contributed by atoms with van der Waals surface area (Å²) in [5.74, 6) is -0.537. The van der Waals surface area contributed by atoms with E-state index in [2.05, 4.69) is 27.0 Å². The van der Waals surface area contributed by atoms with Gasteiger partial charge in [0.1, 0.15) is 6.61 Å². The summed E-state index contributed by atoms with van der Waals surface area (Å²) in [6, 6.07) is 16.5. The number of allylic oxidation sites excluding steroid dienone is 1. The number of nitrogens with zero attached hydrogens (tertiary/aromatic N) is 3. The number of hydrogen-bond acceptors (Lipinski definition) is 8. The quantitative estimate of drug-likeness (QED) is 0.200. The number of halogens is 5. The van der Waals surface area contributed by atoms with Gasteiger partial charge in [0.2, 0.25) is 0 Å². The first kappa shape index (κ1) is 33.0. The third-order valence-corrected chi connectivity index (χ3v) is 8.62. The highest BCUT2D eigenvalue weighted by Crippen LogP contribution is 2.39. The predicted octanol–water partition coefficient (Wildman–Crippen LogP) is 6.22. The van der Waals surface area contributed by atoms with Crippen molar-refractivity contribution in [2.75, 3.05) is 13.7 Å². The fraction of sp³-hybridized carbons (Fsp3) is 0.188. The Morgan fingerprint density at radius 1 is 1.17 bits per heavy atom. The molecule has 46 heavy (non-hydrogen) atoms. The Morgan fingerprint density at radius 3 is 2.48 bits per heavy atom. The number of aromatic nitrogens is 1. The molecule has 1 aromatic heterocycles. The lowest BCUT2D eigenvalue weighted by molar-refractivity contribution is -0.140.